The van der Waals surface area contributed by atoms with Crippen LogP contribution in [-0.2, 0) is 4.79 Å². The van der Waals surface area contributed by atoms with Crippen molar-refractivity contribution in [3.63, 3.8) is 0 Å². The number of rotatable bonds is 7. The van der Waals surface area contributed by atoms with E-state index in [1.54, 1.807) is 12.1 Å². The molecule has 0 radical (unpaired) electrons. The maximum Gasteiger partial charge on any atom is 0.251 e. The molecule has 104 valence electrons. The van der Waals surface area contributed by atoms with Crippen LogP contribution in [0, 0.1) is 0 Å². The van der Waals surface area contributed by atoms with Crippen molar-refractivity contribution in [3.8, 4) is 0 Å². The van der Waals surface area contributed by atoms with Crippen LogP contribution >= 0.6 is 15.9 Å². The van der Waals surface area contributed by atoms with Gasteiger partial charge in [0.05, 0.1) is 0 Å². The van der Waals surface area contributed by atoms with Crippen LogP contribution in [0.2, 0.25) is 0 Å². The molecule has 1 aromatic carbocycles. The van der Waals surface area contributed by atoms with E-state index in [1.807, 2.05) is 19.1 Å². The summed E-state index contributed by atoms with van der Waals surface area (Å²) in [6.45, 7) is 3.12. The Bertz CT molecular complexity index is 418. The van der Waals surface area contributed by atoms with Crippen LogP contribution in [0.1, 0.15) is 36.5 Å². The van der Waals surface area contributed by atoms with Crippen molar-refractivity contribution in [2.75, 3.05) is 13.1 Å². The highest BCUT2D eigenvalue weighted by molar-refractivity contribution is 9.10. The fraction of sp³-hybridized carbons (Fsp3) is 0.429. The second kappa shape index (κ2) is 8.69. The number of nitrogens with one attached hydrogen (secondary N) is 2. The van der Waals surface area contributed by atoms with Gasteiger partial charge in [-0.25, -0.2) is 0 Å². The first-order valence-corrected chi connectivity index (χ1v) is 7.23. The molecule has 2 N–H and O–H groups in total. The molecule has 0 heterocycles. The number of benzene rings is 1. The molecule has 5 heteroatoms. The number of carbonyl (C=O) groups is 2. The molecule has 1 aromatic rings. The third-order valence-corrected chi connectivity index (χ3v) is 3.07. The van der Waals surface area contributed by atoms with E-state index in [0.717, 1.165) is 17.3 Å². The minimum absolute atomic E-state index is 0.0711. The van der Waals surface area contributed by atoms with Crippen LogP contribution < -0.4 is 10.6 Å². The Balaban J connectivity index is 2.17. The standard InChI is InChI=1S/C14H19BrN2O2/c1-2-4-13(18)16-9-3-10-17-14(19)11-5-7-12(15)8-6-11/h5-8H,2-4,9-10H2,1H3,(H,16,18)(H,17,19). The van der Waals surface area contributed by atoms with Gasteiger partial charge in [0.2, 0.25) is 5.91 Å². The summed E-state index contributed by atoms with van der Waals surface area (Å²) in [6, 6.07) is 7.20. The molecular formula is C14H19BrN2O2. The highest BCUT2D eigenvalue weighted by atomic mass is 79.9. The van der Waals surface area contributed by atoms with Gasteiger partial charge in [0.25, 0.3) is 5.91 Å². The number of hydrogen-bond donors (Lipinski definition) is 2. The Morgan fingerprint density at radius 2 is 1.74 bits per heavy atom. The smallest absolute Gasteiger partial charge is 0.251 e. The van der Waals surface area contributed by atoms with Crippen molar-refractivity contribution >= 4 is 27.7 Å². The van der Waals surface area contributed by atoms with Gasteiger partial charge >= 0.3 is 0 Å². The van der Waals surface area contributed by atoms with E-state index >= 15 is 0 Å². The zero-order chi connectivity index (χ0) is 14.1. The lowest BCUT2D eigenvalue weighted by Gasteiger charge is -2.06. The van der Waals surface area contributed by atoms with Gasteiger partial charge in [-0.15, -0.1) is 0 Å². The summed E-state index contributed by atoms with van der Waals surface area (Å²) in [6.07, 6.45) is 2.15. The number of amides is 2. The van der Waals surface area contributed by atoms with Crippen molar-refractivity contribution < 1.29 is 9.59 Å². The van der Waals surface area contributed by atoms with Gasteiger partial charge in [0.15, 0.2) is 0 Å². The van der Waals surface area contributed by atoms with Gasteiger partial charge in [0.1, 0.15) is 0 Å². The molecule has 0 atom stereocenters. The second-order valence-corrected chi connectivity index (χ2v) is 5.13. The highest BCUT2D eigenvalue weighted by Gasteiger charge is 2.04. The molecule has 0 bridgehead atoms. The summed E-state index contributed by atoms with van der Waals surface area (Å²) in [7, 11) is 0. The zero-order valence-electron chi connectivity index (χ0n) is 11.0. The lowest BCUT2D eigenvalue weighted by molar-refractivity contribution is -0.121. The van der Waals surface area contributed by atoms with Gasteiger partial charge in [0, 0.05) is 29.5 Å². The van der Waals surface area contributed by atoms with Gasteiger partial charge in [-0.3, -0.25) is 9.59 Å². The number of hydrogen-bond acceptors (Lipinski definition) is 2. The Kier molecular flexibility index (Phi) is 7.18. The fourth-order valence-electron chi connectivity index (χ4n) is 1.54. The first kappa shape index (κ1) is 15.7. The average Bonchev–Trinajstić information content (AvgIpc) is 2.39. The summed E-state index contributed by atoms with van der Waals surface area (Å²) >= 11 is 3.32. The van der Waals surface area contributed by atoms with E-state index in [9.17, 15) is 9.59 Å². The molecule has 1 rings (SSSR count). The van der Waals surface area contributed by atoms with E-state index < -0.39 is 0 Å². The molecule has 0 saturated heterocycles. The maximum absolute atomic E-state index is 11.7. The third kappa shape index (κ3) is 6.38. The van der Waals surface area contributed by atoms with Crippen molar-refractivity contribution in [1.82, 2.24) is 10.6 Å². The maximum atomic E-state index is 11.7. The molecule has 0 aliphatic rings. The Morgan fingerprint density at radius 3 is 2.37 bits per heavy atom. The second-order valence-electron chi connectivity index (χ2n) is 4.22. The monoisotopic (exact) mass is 326 g/mol. The van der Waals surface area contributed by atoms with Crippen LogP contribution in [0.4, 0.5) is 0 Å². The number of carbonyl (C=O) groups excluding carboxylic acids is 2. The van der Waals surface area contributed by atoms with Crippen molar-refractivity contribution in [3.05, 3.63) is 34.3 Å². The van der Waals surface area contributed by atoms with Crippen LogP contribution in [-0.4, -0.2) is 24.9 Å². The molecule has 0 unspecified atom stereocenters. The quantitative estimate of drug-likeness (QED) is 0.756. The molecule has 19 heavy (non-hydrogen) atoms. The summed E-state index contributed by atoms with van der Waals surface area (Å²) in [5.74, 6) is -0.0193. The molecule has 0 saturated carbocycles. The van der Waals surface area contributed by atoms with Crippen LogP contribution in [0.15, 0.2) is 28.7 Å². The molecule has 0 aromatic heterocycles. The Labute approximate surface area is 122 Å². The fourth-order valence-corrected chi connectivity index (χ4v) is 1.80. The summed E-state index contributed by atoms with van der Waals surface area (Å²) in [5.41, 5.74) is 0.637. The Morgan fingerprint density at radius 1 is 1.11 bits per heavy atom. The highest BCUT2D eigenvalue weighted by Crippen LogP contribution is 2.10. The molecule has 2 amide bonds. The van der Waals surface area contributed by atoms with Crippen LogP contribution in [0.25, 0.3) is 0 Å². The van der Waals surface area contributed by atoms with E-state index in [4.69, 9.17) is 0 Å². The van der Waals surface area contributed by atoms with Gasteiger partial charge in [-0.1, -0.05) is 22.9 Å². The van der Waals surface area contributed by atoms with Crippen molar-refractivity contribution in [2.24, 2.45) is 0 Å². The lowest BCUT2D eigenvalue weighted by Crippen LogP contribution is -2.29. The minimum atomic E-state index is -0.0904. The van der Waals surface area contributed by atoms with E-state index in [1.165, 1.54) is 0 Å². The number of halogens is 1. The largest absolute Gasteiger partial charge is 0.356 e. The first-order valence-electron chi connectivity index (χ1n) is 6.44. The zero-order valence-corrected chi connectivity index (χ0v) is 12.6. The minimum Gasteiger partial charge on any atom is -0.356 e. The van der Waals surface area contributed by atoms with Gasteiger partial charge < -0.3 is 10.6 Å². The average molecular weight is 327 g/mol. The Hall–Kier alpha value is -1.36. The molecule has 0 spiro atoms. The first-order chi connectivity index (χ1) is 9.13. The molecule has 0 aliphatic carbocycles. The topological polar surface area (TPSA) is 58.2 Å². The third-order valence-electron chi connectivity index (χ3n) is 2.54. The molecule has 0 fully saturated rings. The van der Waals surface area contributed by atoms with E-state index in [2.05, 4.69) is 26.6 Å². The summed E-state index contributed by atoms with van der Waals surface area (Å²) in [5, 5.41) is 5.63. The predicted octanol–water partition coefficient (Wildman–Crippen LogP) is 2.49. The molecular weight excluding hydrogens is 308 g/mol. The lowest BCUT2D eigenvalue weighted by atomic mass is 10.2. The normalized spacial score (nSPS) is 10.0. The van der Waals surface area contributed by atoms with Crippen molar-refractivity contribution in [1.29, 1.82) is 0 Å². The SMILES string of the molecule is CCCC(=O)NCCCNC(=O)c1ccc(Br)cc1. The van der Waals surface area contributed by atoms with Gasteiger partial charge in [-0.2, -0.15) is 0 Å². The molecule has 4 nitrogen and oxygen atoms in total. The van der Waals surface area contributed by atoms with Gasteiger partial charge in [-0.05, 0) is 37.1 Å². The van der Waals surface area contributed by atoms with E-state index in [-0.39, 0.29) is 11.8 Å². The van der Waals surface area contributed by atoms with Crippen LogP contribution in [0.3, 0.4) is 0 Å². The van der Waals surface area contributed by atoms with Crippen molar-refractivity contribution in [2.45, 2.75) is 26.2 Å². The molecule has 0 aliphatic heterocycles. The van der Waals surface area contributed by atoms with E-state index in [0.29, 0.717) is 25.1 Å². The predicted molar refractivity (Wildman–Crippen MR) is 79.0 cm³/mol. The summed E-state index contributed by atoms with van der Waals surface area (Å²) < 4.78 is 0.947. The summed E-state index contributed by atoms with van der Waals surface area (Å²) in [4.78, 5) is 22.9. The van der Waals surface area contributed by atoms with Crippen LogP contribution in [0.5, 0.6) is 0 Å².